The molecule has 0 spiro atoms. The monoisotopic (exact) mass is 560 g/mol. The molecule has 0 aromatic carbocycles. The summed E-state index contributed by atoms with van der Waals surface area (Å²) >= 11 is 0. The van der Waals surface area contributed by atoms with Gasteiger partial charge in [-0.1, -0.05) is 127 Å². The topological polar surface area (TPSA) is 43.7 Å². The van der Waals surface area contributed by atoms with Gasteiger partial charge in [0.05, 0.1) is 12.2 Å². The van der Waals surface area contributed by atoms with Gasteiger partial charge in [-0.3, -0.25) is 0 Å². The molecule has 0 aromatic heterocycles. The van der Waals surface area contributed by atoms with Crippen LogP contribution < -0.4 is 0 Å². The van der Waals surface area contributed by atoms with Crippen molar-refractivity contribution >= 4 is 0 Å². The molecule has 0 heterocycles. The van der Waals surface area contributed by atoms with Crippen LogP contribution in [-0.2, 0) is 0 Å². The van der Waals surface area contributed by atoms with Crippen LogP contribution in [0.4, 0.5) is 0 Å². The largest absolute Gasteiger partial charge is 0.392 e. The van der Waals surface area contributed by atoms with Crippen molar-refractivity contribution in [1.82, 2.24) is 4.90 Å². The maximum Gasteiger partial charge on any atom is 0.0667 e. The van der Waals surface area contributed by atoms with Crippen molar-refractivity contribution in [3.05, 3.63) is 48.6 Å². The van der Waals surface area contributed by atoms with Crippen LogP contribution >= 0.6 is 0 Å². The molecule has 234 valence electrons. The highest BCUT2D eigenvalue weighted by Crippen LogP contribution is 2.11. The van der Waals surface area contributed by atoms with Gasteiger partial charge in [0.2, 0.25) is 0 Å². The van der Waals surface area contributed by atoms with Gasteiger partial charge in [-0.25, -0.2) is 0 Å². The van der Waals surface area contributed by atoms with E-state index >= 15 is 0 Å². The van der Waals surface area contributed by atoms with E-state index in [1.165, 1.54) is 103 Å². The van der Waals surface area contributed by atoms with Crippen molar-refractivity contribution in [1.29, 1.82) is 0 Å². The maximum atomic E-state index is 10.4. The highest BCUT2D eigenvalue weighted by atomic mass is 16.3. The summed E-state index contributed by atoms with van der Waals surface area (Å²) in [6.07, 6.45) is 44.0. The quantitative estimate of drug-likeness (QED) is 0.0679. The van der Waals surface area contributed by atoms with Crippen molar-refractivity contribution < 1.29 is 10.2 Å². The molecule has 3 nitrogen and oxygen atoms in total. The van der Waals surface area contributed by atoms with Gasteiger partial charge in [-0.05, 0) is 84.1 Å². The Morgan fingerprint density at radius 3 is 1.12 bits per heavy atom. The van der Waals surface area contributed by atoms with Crippen molar-refractivity contribution in [2.45, 2.75) is 167 Å². The summed E-state index contributed by atoms with van der Waals surface area (Å²) in [5, 5.41) is 20.8. The zero-order chi connectivity index (χ0) is 29.4. The standard InChI is InChI=1S/C37H69NO2/c1-4-6-8-10-12-14-16-18-20-22-24-26-28-30-32-36(39)34-38(3)35-37(40)33-31-29-27-25-23-21-19-17-15-13-11-9-7-5-2/h12-15,18-21,36-37,39-40H,4-11,16-17,22-35H2,1-3H3/b14-12-,15-13-,20-18-,21-19-. The van der Waals surface area contributed by atoms with E-state index in [4.69, 9.17) is 0 Å². The van der Waals surface area contributed by atoms with E-state index in [1.807, 2.05) is 7.05 Å². The molecule has 2 unspecified atom stereocenters. The van der Waals surface area contributed by atoms with Crippen LogP contribution in [0.2, 0.25) is 0 Å². The van der Waals surface area contributed by atoms with Crippen LogP contribution in [0.5, 0.6) is 0 Å². The zero-order valence-electron chi connectivity index (χ0n) is 27.1. The predicted octanol–water partition coefficient (Wildman–Crippen LogP) is 10.5. The first-order chi connectivity index (χ1) is 19.6. The Bertz CT molecular complexity index is 557. The lowest BCUT2D eigenvalue weighted by Crippen LogP contribution is -2.35. The number of unbranched alkanes of at least 4 members (excludes halogenated alkanes) is 14. The minimum atomic E-state index is -0.286. The van der Waals surface area contributed by atoms with Gasteiger partial charge in [-0.15, -0.1) is 0 Å². The summed E-state index contributed by atoms with van der Waals surface area (Å²) in [7, 11) is 2.02. The molecular weight excluding hydrogens is 490 g/mol. The molecule has 0 amide bonds. The number of hydrogen-bond acceptors (Lipinski definition) is 3. The normalized spacial score (nSPS) is 14.2. The molecule has 0 saturated heterocycles. The minimum absolute atomic E-state index is 0.286. The highest BCUT2D eigenvalue weighted by Gasteiger charge is 2.12. The molecule has 0 aromatic rings. The number of likely N-dealkylation sites (N-methyl/N-ethyl adjacent to an activating group) is 1. The third-order valence-corrected chi connectivity index (χ3v) is 7.52. The second-order valence-corrected chi connectivity index (χ2v) is 11.9. The van der Waals surface area contributed by atoms with Crippen LogP contribution in [0.1, 0.15) is 155 Å². The molecule has 2 N–H and O–H groups in total. The lowest BCUT2D eigenvalue weighted by atomic mass is 10.1. The summed E-state index contributed by atoms with van der Waals surface area (Å²) in [4.78, 5) is 2.10. The summed E-state index contributed by atoms with van der Waals surface area (Å²) in [5.41, 5.74) is 0. The molecule has 2 atom stereocenters. The van der Waals surface area contributed by atoms with E-state index in [-0.39, 0.29) is 12.2 Å². The van der Waals surface area contributed by atoms with Crippen molar-refractivity contribution in [2.75, 3.05) is 20.1 Å². The Labute approximate surface area is 250 Å². The SMILES string of the molecule is CCCCC/C=C\C/C=C\CCCCCCC(O)CN(C)CC(O)CCCCCC/C=C\C/C=C\CCCCC. The summed E-state index contributed by atoms with van der Waals surface area (Å²) < 4.78 is 0. The summed E-state index contributed by atoms with van der Waals surface area (Å²) in [5.74, 6) is 0. The zero-order valence-corrected chi connectivity index (χ0v) is 27.1. The van der Waals surface area contributed by atoms with E-state index in [1.54, 1.807) is 0 Å². The fraction of sp³-hybridized carbons (Fsp3) is 0.784. The Hall–Kier alpha value is -1.16. The molecule has 0 fully saturated rings. The van der Waals surface area contributed by atoms with Crippen LogP contribution in [0.3, 0.4) is 0 Å². The summed E-state index contributed by atoms with van der Waals surface area (Å²) in [6.45, 7) is 5.82. The average molecular weight is 560 g/mol. The third-order valence-electron chi connectivity index (χ3n) is 7.52. The third kappa shape index (κ3) is 31.4. The predicted molar refractivity (Wildman–Crippen MR) is 179 cm³/mol. The van der Waals surface area contributed by atoms with Crippen LogP contribution in [-0.4, -0.2) is 47.5 Å². The number of hydrogen-bond donors (Lipinski definition) is 2. The minimum Gasteiger partial charge on any atom is -0.392 e. The second-order valence-electron chi connectivity index (χ2n) is 11.9. The molecule has 0 rings (SSSR count). The molecule has 3 heteroatoms. The van der Waals surface area contributed by atoms with Gasteiger partial charge in [-0.2, -0.15) is 0 Å². The van der Waals surface area contributed by atoms with Gasteiger partial charge < -0.3 is 15.1 Å². The van der Waals surface area contributed by atoms with Gasteiger partial charge >= 0.3 is 0 Å². The molecule has 0 aliphatic rings. The molecule has 0 saturated carbocycles. The van der Waals surface area contributed by atoms with E-state index < -0.39 is 0 Å². The van der Waals surface area contributed by atoms with E-state index in [0.717, 1.165) is 38.5 Å². The molecule has 0 aliphatic heterocycles. The Morgan fingerprint density at radius 1 is 0.450 bits per heavy atom. The fourth-order valence-corrected chi connectivity index (χ4v) is 5.01. The lowest BCUT2D eigenvalue weighted by molar-refractivity contribution is 0.0738. The lowest BCUT2D eigenvalue weighted by Gasteiger charge is -2.23. The molecule has 0 bridgehead atoms. The van der Waals surface area contributed by atoms with Gasteiger partial charge in [0.25, 0.3) is 0 Å². The molecule has 40 heavy (non-hydrogen) atoms. The number of aliphatic hydroxyl groups excluding tert-OH is 2. The fourth-order valence-electron chi connectivity index (χ4n) is 5.01. The first kappa shape index (κ1) is 38.8. The van der Waals surface area contributed by atoms with E-state index in [9.17, 15) is 10.2 Å². The van der Waals surface area contributed by atoms with Crippen LogP contribution in [0.25, 0.3) is 0 Å². The first-order valence-electron chi connectivity index (χ1n) is 17.2. The maximum absolute atomic E-state index is 10.4. The number of allylic oxidation sites excluding steroid dienone is 8. The molecular formula is C37H69NO2. The van der Waals surface area contributed by atoms with Crippen molar-refractivity contribution in [2.24, 2.45) is 0 Å². The smallest absolute Gasteiger partial charge is 0.0667 e. The van der Waals surface area contributed by atoms with Crippen LogP contribution in [0, 0.1) is 0 Å². The van der Waals surface area contributed by atoms with Gasteiger partial charge in [0.1, 0.15) is 0 Å². The van der Waals surface area contributed by atoms with Crippen LogP contribution in [0.15, 0.2) is 48.6 Å². The van der Waals surface area contributed by atoms with Crippen molar-refractivity contribution in [3.8, 4) is 0 Å². The van der Waals surface area contributed by atoms with Crippen molar-refractivity contribution in [3.63, 3.8) is 0 Å². The Balaban J connectivity index is 3.55. The number of nitrogens with zero attached hydrogens (tertiary/aromatic N) is 1. The molecule has 0 aliphatic carbocycles. The Kier molecular flexibility index (Phi) is 31.4. The molecule has 0 radical (unpaired) electrons. The number of aliphatic hydroxyl groups is 2. The number of rotatable bonds is 30. The van der Waals surface area contributed by atoms with Gasteiger partial charge in [0, 0.05) is 13.1 Å². The first-order valence-corrected chi connectivity index (χ1v) is 17.2. The van der Waals surface area contributed by atoms with E-state index in [2.05, 4.69) is 67.4 Å². The Morgan fingerprint density at radius 2 is 0.775 bits per heavy atom. The average Bonchev–Trinajstić information content (AvgIpc) is 2.93. The van der Waals surface area contributed by atoms with Gasteiger partial charge in [0.15, 0.2) is 0 Å². The highest BCUT2D eigenvalue weighted by molar-refractivity contribution is 4.93. The van der Waals surface area contributed by atoms with E-state index in [0.29, 0.717) is 13.1 Å². The summed E-state index contributed by atoms with van der Waals surface area (Å²) in [6, 6.07) is 0. The second kappa shape index (κ2) is 32.4.